The zero-order valence-electron chi connectivity index (χ0n) is 12.4. The first-order valence-electron chi connectivity index (χ1n) is 6.67. The standard InChI is InChI=1S/C17H16N2O3/c1-4-13-6-5-7-14(10-13)18-15(20)11-19(3)17(21)16-12(2)8-9-22-16/h1,5-10H,11H2,2-3H3,(H,18,20). The number of anilines is 1. The number of nitrogens with zero attached hydrogens (tertiary/aromatic N) is 1. The van der Waals surface area contributed by atoms with E-state index in [2.05, 4.69) is 11.2 Å². The van der Waals surface area contributed by atoms with E-state index in [9.17, 15) is 9.59 Å². The number of nitrogens with one attached hydrogen (secondary N) is 1. The quantitative estimate of drug-likeness (QED) is 0.880. The van der Waals surface area contributed by atoms with Gasteiger partial charge in [0.15, 0.2) is 5.76 Å². The maximum atomic E-state index is 12.1. The van der Waals surface area contributed by atoms with Gasteiger partial charge in [0.25, 0.3) is 5.91 Å². The summed E-state index contributed by atoms with van der Waals surface area (Å²) < 4.78 is 5.13. The molecule has 112 valence electrons. The Balaban J connectivity index is 1.98. The van der Waals surface area contributed by atoms with Gasteiger partial charge in [0.05, 0.1) is 12.8 Å². The molecule has 5 heteroatoms. The molecule has 0 saturated heterocycles. The van der Waals surface area contributed by atoms with Crippen LogP contribution in [0, 0.1) is 19.3 Å². The first-order chi connectivity index (χ1) is 10.5. The molecular weight excluding hydrogens is 280 g/mol. The van der Waals surface area contributed by atoms with Gasteiger partial charge in [-0.3, -0.25) is 9.59 Å². The number of carbonyl (C=O) groups is 2. The minimum Gasteiger partial charge on any atom is -0.459 e. The van der Waals surface area contributed by atoms with E-state index in [1.54, 1.807) is 44.3 Å². The Morgan fingerprint density at radius 1 is 1.36 bits per heavy atom. The highest BCUT2D eigenvalue weighted by molar-refractivity contribution is 5.98. The van der Waals surface area contributed by atoms with Crippen molar-refractivity contribution in [1.29, 1.82) is 0 Å². The van der Waals surface area contributed by atoms with Crippen LogP contribution in [0.15, 0.2) is 41.0 Å². The van der Waals surface area contributed by atoms with Gasteiger partial charge in [-0.15, -0.1) is 6.42 Å². The third-order valence-electron chi connectivity index (χ3n) is 3.10. The summed E-state index contributed by atoms with van der Waals surface area (Å²) in [4.78, 5) is 25.4. The molecule has 0 radical (unpaired) electrons. The van der Waals surface area contributed by atoms with E-state index in [0.717, 1.165) is 5.56 Å². The van der Waals surface area contributed by atoms with Crippen LogP contribution in [0.1, 0.15) is 21.7 Å². The van der Waals surface area contributed by atoms with Gasteiger partial charge in [0.1, 0.15) is 0 Å². The Morgan fingerprint density at radius 2 is 2.14 bits per heavy atom. The maximum absolute atomic E-state index is 12.1. The maximum Gasteiger partial charge on any atom is 0.290 e. The predicted molar refractivity (Wildman–Crippen MR) is 83.4 cm³/mol. The molecule has 0 atom stereocenters. The summed E-state index contributed by atoms with van der Waals surface area (Å²) in [6.07, 6.45) is 6.76. The minimum absolute atomic E-state index is 0.0841. The van der Waals surface area contributed by atoms with Crippen LogP contribution in [-0.4, -0.2) is 30.3 Å². The fraction of sp³-hybridized carbons (Fsp3) is 0.176. The molecule has 0 aliphatic carbocycles. The first-order valence-corrected chi connectivity index (χ1v) is 6.67. The van der Waals surface area contributed by atoms with Gasteiger partial charge < -0.3 is 14.6 Å². The zero-order chi connectivity index (χ0) is 16.1. The average molecular weight is 296 g/mol. The lowest BCUT2D eigenvalue weighted by molar-refractivity contribution is -0.116. The zero-order valence-corrected chi connectivity index (χ0v) is 12.4. The van der Waals surface area contributed by atoms with Crippen molar-refractivity contribution in [2.45, 2.75) is 6.92 Å². The fourth-order valence-corrected chi connectivity index (χ4v) is 1.94. The minimum atomic E-state index is -0.338. The molecule has 0 saturated carbocycles. The topological polar surface area (TPSA) is 62.6 Å². The summed E-state index contributed by atoms with van der Waals surface area (Å²) in [5, 5.41) is 2.70. The molecule has 1 aromatic heterocycles. The molecule has 1 N–H and O–H groups in total. The Hall–Kier alpha value is -3.00. The summed E-state index contributed by atoms with van der Waals surface area (Å²) in [7, 11) is 1.54. The van der Waals surface area contributed by atoms with E-state index in [1.807, 2.05) is 0 Å². The van der Waals surface area contributed by atoms with Crippen molar-refractivity contribution in [2.24, 2.45) is 0 Å². The molecule has 0 spiro atoms. The highest BCUT2D eigenvalue weighted by atomic mass is 16.3. The van der Waals surface area contributed by atoms with Crippen LogP contribution in [0.3, 0.4) is 0 Å². The number of likely N-dealkylation sites (N-methyl/N-ethyl adjacent to an activating group) is 1. The number of rotatable bonds is 4. The van der Waals surface area contributed by atoms with E-state index in [0.29, 0.717) is 11.3 Å². The molecule has 0 fully saturated rings. The molecular formula is C17H16N2O3. The second kappa shape index (κ2) is 6.64. The van der Waals surface area contributed by atoms with E-state index in [-0.39, 0.29) is 24.1 Å². The summed E-state index contributed by atoms with van der Waals surface area (Å²) in [5.41, 5.74) is 2.00. The van der Waals surface area contributed by atoms with Gasteiger partial charge in [-0.1, -0.05) is 12.0 Å². The van der Waals surface area contributed by atoms with E-state index >= 15 is 0 Å². The number of benzene rings is 1. The Morgan fingerprint density at radius 3 is 2.77 bits per heavy atom. The van der Waals surface area contributed by atoms with Crippen LogP contribution < -0.4 is 5.32 Å². The third kappa shape index (κ3) is 3.55. The number of furan rings is 1. The van der Waals surface area contributed by atoms with Gasteiger partial charge in [-0.2, -0.15) is 0 Å². The molecule has 5 nitrogen and oxygen atoms in total. The summed E-state index contributed by atoms with van der Waals surface area (Å²) in [5.74, 6) is 2.09. The van der Waals surface area contributed by atoms with Crippen LogP contribution in [0.5, 0.6) is 0 Å². The first kappa shape index (κ1) is 15.4. The second-order valence-electron chi connectivity index (χ2n) is 4.87. The largest absolute Gasteiger partial charge is 0.459 e. The molecule has 2 aromatic rings. The van der Waals surface area contributed by atoms with Crippen LogP contribution in [0.4, 0.5) is 5.69 Å². The number of hydrogen-bond donors (Lipinski definition) is 1. The van der Waals surface area contributed by atoms with E-state index in [4.69, 9.17) is 10.8 Å². The van der Waals surface area contributed by atoms with Gasteiger partial charge in [-0.05, 0) is 31.2 Å². The molecule has 1 heterocycles. The van der Waals surface area contributed by atoms with Crippen LogP contribution in [-0.2, 0) is 4.79 Å². The molecule has 0 unspecified atom stereocenters. The molecule has 22 heavy (non-hydrogen) atoms. The Bertz CT molecular complexity index is 740. The number of terminal acetylenes is 1. The molecule has 1 aromatic carbocycles. The van der Waals surface area contributed by atoms with Crippen molar-refractivity contribution in [3.05, 3.63) is 53.5 Å². The van der Waals surface area contributed by atoms with Crippen molar-refractivity contribution in [3.8, 4) is 12.3 Å². The molecule has 0 aliphatic heterocycles. The van der Waals surface area contributed by atoms with Crippen molar-refractivity contribution >= 4 is 17.5 Å². The van der Waals surface area contributed by atoms with Crippen molar-refractivity contribution in [3.63, 3.8) is 0 Å². The lowest BCUT2D eigenvalue weighted by Gasteiger charge is -2.16. The average Bonchev–Trinajstić information content (AvgIpc) is 2.92. The number of hydrogen-bond acceptors (Lipinski definition) is 3. The molecule has 0 aliphatic rings. The lowest BCUT2D eigenvalue weighted by Crippen LogP contribution is -2.35. The van der Waals surface area contributed by atoms with Crippen molar-refractivity contribution in [2.75, 3.05) is 18.9 Å². The number of carbonyl (C=O) groups excluding carboxylic acids is 2. The van der Waals surface area contributed by atoms with Crippen LogP contribution in [0.25, 0.3) is 0 Å². The summed E-state index contributed by atoms with van der Waals surface area (Å²) >= 11 is 0. The van der Waals surface area contributed by atoms with Crippen molar-refractivity contribution < 1.29 is 14.0 Å². The van der Waals surface area contributed by atoms with Gasteiger partial charge in [0, 0.05) is 23.9 Å². The van der Waals surface area contributed by atoms with E-state index in [1.165, 1.54) is 11.2 Å². The van der Waals surface area contributed by atoms with Gasteiger partial charge in [-0.25, -0.2) is 0 Å². The van der Waals surface area contributed by atoms with Crippen LogP contribution in [0.2, 0.25) is 0 Å². The SMILES string of the molecule is C#Cc1cccc(NC(=O)CN(C)C(=O)c2occc2C)c1. The molecule has 2 amide bonds. The van der Waals surface area contributed by atoms with Crippen molar-refractivity contribution in [1.82, 2.24) is 4.90 Å². The monoisotopic (exact) mass is 296 g/mol. The predicted octanol–water partition coefficient (Wildman–Crippen LogP) is 2.28. The Labute approximate surface area is 128 Å². The highest BCUT2D eigenvalue weighted by Gasteiger charge is 2.19. The summed E-state index contributed by atoms with van der Waals surface area (Å²) in [6, 6.07) is 8.65. The van der Waals surface area contributed by atoms with Gasteiger partial charge in [0.2, 0.25) is 5.91 Å². The van der Waals surface area contributed by atoms with Gasteiger partial charge >= 0.3 is 0 Å². The Kier molecular flexibility index (Phi) is 4.64. The second-order valence-corrected chi connectivity index (χ2v) is 4.87. The van der Waals surface area contributed by atoms with E-state index < -0.39 is 0 Å². The lowest BCUT2D eigenvalue weighted by atomic mass is 10.2. The molecule has 2 rings (SSSR count). The highest BCUT2D eigenvalue weighted by Crippen LogP contribution is 2.12. The molecule has 0 bridgehead atoms. The normalized spacial score (nSPS) is 9.86. The number of amides is 2. The fourth-order valence-electron chi connectivity index (χ4n) is 1.94. The smallest absolute Gasteiger partial charge is 0.290 e. The third-order valence-corrected chi connectivity index (χ3v) is 3.10. The summed E-state index contributed by atoms with van der Waals surface area (Å²) in [6.45, 7) is 1.69. The van der Waals surface area contributed by atoms with Crippen LogP contribution >= 0.6 is 0 Å². The number of aryl methyl sites for hydroxylation is 1.